The summed E-state index contributed by atoms with van der Waals surface area (Å²) >= 11 is 7.36. The van der Waals surface area contributed by atoms with Crippen LogP contribution in [0, 0.1) is 0 Å². The Kier molecular flexibility index (Phi) is 4.40. The molecule has 3 heterocycles. The lowest BCUT2D eigenvalue weighted by Gasteiger charge is -2.15. The molecule has 2 amide bonds. The molecule has 1 fully saturated rings. The van der Waals surface area contributed by atoms with E-state index in [2.05, 4.69) is 10.3 Å². The fraction of sp³-hybridized carbons (Fsp3) is 0.267. The molecule has 0 aromatic carbocycles. The van der Waals surface area contributed by atoms with Crippen LogP contribution < -0.4 is 5.32 Å². The number of amides is 2. The Morgan fingerprint density at radius 1 is 1.41 bits per heavy atom. The van der Waals surface area contributed by atoms with Crippen LogP contribution in [0.4, 0.5) is 5.69 Å². The number of halogens is 1. The number of carbonyl (C=O) groups is 2. The molecule has 0 atom stereocenters. The van der Waals surface area contributed by atoms with Crippen molar-refractivity contribution in [3.63, 3.8) is 0 Å². The zero-order valence-corrected chi connectivity index (χ0v) is 13.3. The van der Waals surface area contributed by atoms with Crippen LogP contribution in [-0.4, -0.2) is 34.8 Å². The first-order valence-corrected chi connectivity index (χ1v) is 8.11. The molecule has 1 N–H and O–H groups in total. The lowest BCUT2D eigenvalue weighted by molar-refractivity contribution is -0.131. The number of nitrogens with one attached hydrogen (secondary N) is 1. The minimum Gasteiger partial charge on any atom is -0.333 e. The quantitative estimate of drug-likeness (QED) is 0.934. The minimum atomic E-state index is -0.216. The van der Waals surface area contributed by atoms with E-state index in [0.29, 0.717) is 28.7 Å². The van der Waals surface area contributed by atoms with Gasteiger partial charge in [-0.25, -0.2) is 0 Å². The normalized spacial score (nSPS) is 14.4. The lowest BCUT2D eigenvalue weighted by atomic mass is 10.2. The summed E-state index contributed by atoms with van der Waals surface area (Å²) in [6, 6.07) is 7.22. The van der Waals surface area contributed by atoms with Crippen LogP contribution in [0.2, 0.25) is 4.34 Å². The summed E-state index contributed by atoms with van der Waals surface area (Å²) in [5.41, 5.74) is 1.30. The van der Waals surface area contributed by atoms with Gasteiger partial charge in [0.2, 0.25) is 11.8 Å². The van der Waals surface area contributed by atoms with Gasteiger partial charge in [0.15, 0.2) is 0 Å². The maximum atomic E-state index is 12.1. The largest absolute Gasteiger partial charge is 0.333 e. The summed E-state index contributed by atoms with van der Waals surface area (Å²) in [5, 5.41) is 2.83. The number of anilines is 1. The van der Waals surface area contributed by atoms with Gasteiger partial charge in [-0.3, -0.25) is 14.6 Å². The number of hydrogen-bond acceptors (Lipinski definition) is 4. The number of aromatic nitrogens is 1. The zero-order chi connectivity index (χ0) is 15.5. The molecule has 1 aliphatic heterocycles. The molecular weight excluding hydrogens is 322 g/mol. The van der Waals surface area contributed by atoms with Crippen molar-refractivity contribution in [3.05, 3.63) is 34.8 Å². The molecule has 3 rings (SSSR count). The van der Waals surface area contributed by atoms with Crippen LogP contribution >= 0.6 is 22.9 Å². The van der Waals surface area contributed by atoms with Gasteiger partial charge in [0, 0.05) is 19.2 Å². The highest BCUT2D eigenvalue weighted by Gasteiger charge is 2.22. The van der Waals surface area contributed by atoms with Crippen LogP contribution in [0.15, 0.2) is 30.5 Å². The molecule has 22 heavy (non-hydrogen) atoms. The predicted molar refractivity (Wildman–Crippen MR) is 87.0 cm³/mol. The third kappa shape index (κ3) is 3.28. The van der Waals surface area contributed by atoms with Crippen LogP contribution in [0.25, 0.3) is 10.6 Å². The molecule has 7 heteroatoms. The highest BCUT2D eigenvalue weighted by atomic mass is 35.5. The van der Waals surface area contributed by atoms with E-state index >= 15 is 0 Å². The molecule has 0 bridgehead atoms. The van der Waals surface area contributed by atoms with Gasteiger partial charge in [0.1, 0.15) is 5.69 Å². The third-order valence-corrected chi connectivity index (χ3v) is 4.63. The second-order valence-electron chi connectivity index (χ2n) is 4.97. The first-order chi connectivity index (χ1) is 10.6. The van der Waals surface area contributed by atoms with Gasteiger partial charge in [0.25, 0.3) is 0 Å². The highest BCUT2D eigenvalue weighted by Crippen LogP contribution is 2.33. The zero-order valence-electron chi connectivity index (χ0n) is 11.7. The number of likely N-dealkylation sites (tertiary alicyclic amines) is 1. The lowest BCUT2D eigenvalue weighted by Crippen LogP contribution is -2.34. The van der Waals surface area contributed by atoms with Crippen molar-refractivity contribution in [1.82, 2.24) is 9.88 Å². The van der Waals surface area contributed by atoms with Crippen molar-refractivity contribution in [2.24, 2.45) is 0 Å². The smallest absolute Gasteiger partial charge is 0.244 e. The van der Waals surface area contributed by atoms with Gasteiger partial charge in [-0.15, -0.1) is 11.3 Å². The summed E-state index contributed by atoms with van der Waals surface area (Å²) in [6.45, 7) is 0.727. The second kappa shape index (κ2) is 6.46. The molecule has 1 aliphatic rings. The molecule has 0 saturated carbocycles. The number of hydrogen-bond donors (Lipinski definition) is 1. The summed E-state index contributed by atoms with van der Waals surface area (Å²) in [6.07, 6.45) is 3.01. The fourth-order valence-electron chi connectivity index (χ4n) is 2.38. The SMILES string of the molecule is O=C(CN1CCCC1=O)Nc1cccnc1-c1ccc(Cl)s1. The second-order valence-corrected chi connectivity index (χ2v) is 6.69. The van der Waals surface area contributed by atoms with Gasteiger partial charge in [-0.1, -0.05) is 11.6 Å². The van der Waals surface area contributed by atoms with Crippen molar-refractivity contribution in [3.8, 4) is 10.6 Å². The summed E-state index contributed by atoms with van der Waals surface area (Å²) < 4.78 is 0.667. The van der Waals surface area contributed by atoms with Gasteiger partial charge >= 0.3 is 0 Å². The van der Waals surface area contributed by atoms with Crippen molar-refractivity contribution in [2.45, 2.75) is 12.8 Å². The van der Waals surface area contributed by atoms with Crippen LogP contribution in [0.3, 0.4) is 0 Å². The average molecular weight is 336 g/mol. The van der Waals surface area contributed by atoms with Crippen molar-refractivity contribution in [1.29, 1.82) is 0 Å². The predicted octanol–water partition coefficient (Wildman–Crippen LogP) is 3.02. The van der Waals surface area contributed by atoms with E-state index in [0.717, 1.165) is 11.3 Å². The van der Waals surface area contributed by atoms with E-state index in [9.17, 15) is 9.59 Å². The van der Waals surface area contributed by atoms with Gasteiger partial charge in [-0.05, 0) is 30.7 Å². The summed E-state index contributed by atoms with van der Waals surface area (Å²) in [5.74, 6) is -0.182. The summed E-state index contributed by atoms with van der Waals surface area (Å²) in [7, 11) is 0. The van der Waals surface area contributed by atoms with Gasteiger partial charge in [-0.2, -0.15) is 0 Å². The molecule has 0 unspecified atom stereocenters. The van der Waals surface area contributed by atoms with Crippen LogP contribution in [0.5, 0.6) is 0 Å². The molecule has 1 saturated heterocycles. The molecule has 0 aliphatic carbocycles. The maximum absolute atomic E-state index is 12.1. The summed E-state index contributed by atoms with van der Waals surface area (Å²) in [4.78, 5) is 30.5. The highest BCUT2D eigenvalue weighted by molar-refractivity contribution is 7.19. The minimum absolute atomic E-state index is 0.0339. The number of carbonyl (C=O) groups excluding carboxylic acids is 2. The molecule has 0 radical (unpaired) electrons. The van der Waals surface area contributed by atoms with Crippen molar-refractivity contribution >= 4 is 40.4 Å². The first kappa shape index (κ1) is 15.0. The van der Waals surface area contributed by atoms with Gasteiger partial charge < -0.3 is 10.2 Å². The monoisotopic (exact) mass is 335 g/mol. The Morgan fingerprint density at radius 3 is 2.95 bits per heavy atom. The maximum Gasteiger partial charge on any atom is 0.244 e. The molecule has 2 aromatic rings. The molecule has 114 valence electrons. The topological polar surface area (TPSA) is 62.3 Å². The Bertz CT molecular complexity index is 716. The molecule has 5 nitrogen and oxygen atoms in total. The Hall–Kier alpha value is -1.92. The van der Waals surface area contributed by atoms with E-state index in [-0.39, 0.29) is 18.4 Å². The van der Waals surface area contributed by atoms with E-state index in [4.69, 9.17) is 11.6 Å². The Morgan fingerprint density at radius 2 is 2.27 bits per heavy atom. The van der Waals surface area contributed by atoms with Crippen LogP contribution in [0.1, 0.15) is 12.8 Å². The molecule has 2 aromatic heterocycles. The third-order valence-electron chi connectivity index (χ3n) is 3.39. The van der Waals surface area contributed by atoms with Crippen molar-refractivity contribution in [2.75, 3.05) is 18.4 Å². The van der Waals surface area contributed by atoms with Crippen LogP contribution in [-0.2, 0) is 9.59 Å². The van der Waals surface area contributed by atoms with Gasteiger partial charge in [0.05, 0.1) is 21.4 Å². The van der Waals surface area contributed by atoms with Crippen molar-refractivity contribution < 1.29 is 9.59 Å². The van der Waals surface area contributed by atoms with E-state index in [1.807, 2.05) is 6.07 Å². The molecule has 0 spiro atoms. The van der Waals surface area contributed by atoms with E-state index < -0.39 is 0 Å². The standard InChI is InChI=1S/C15H14ClN3O2S/c16-12-6-5-11(22-12)15-10(3-1-7-17-15)18-13(20)9-19-8-2-4-14(19)21/h1,3,5-7H,2,4,8-9H2,(H,18,20). The Balaban J connectivity index is 1.75. The van der Waals surface area contributed by atoms with E-state index in [1.54, 1.807) is 29.3 Å². The number of pyridine rings is 1. The Labute approximate surface area is 136 Å². The fourth-order valence-corrected chi connectivity index (χ4v) is 3.43. The number of rotatable bonds is 4. The number of nitrogens with zero attached hydrogens (tertiary/aromatic N) is 2. The first-order valence-electron chi connectivity index (χ1n) is 6.92. The molecular formula is C15H14ClN3O2S. The number of thiophene rings is 1. The van der Waals surface area contributed by atoms with E-state index in [1.165, 1.54) is 11.3 Å². The average Bonchev–Trinajstić information content (AvgIpc) is 3.09.